The highest BCUT2D eigenvalue weighted by molar-refractivity contribution is 7.89. The number of fused-ring (bicyclic) bond motifs is 1. The van der Waals surface area contributed by atoms with E-state index in [2.05, 4.69) is 10.3 Å². The summed E-state index contributed by atoms with van der Waals surface area (Å²) < 4.78 is 24.1. The summed E-state index contributed by atoms with van der Waals surface area (Å²) in [5, 5.41) is 0. The summed E-state index contributed by atoms with van der Waals surface area (Å²) in [6.45, 7) is 3.39. The van der Waals surface area contributed by atoms with E-state index in [1.165, 1.54) is 5.56 Å². The van der Waals surface area contributed by atoms with E-state index in [-0.39, 0.29) is 16.7 Å². The molecule has 0 unspecified atom stereocenters. The summed E-state index contributed by atoms with van der Waals surface area (Å²) in [5.41, 5.74) is 4.51. The fourth-order valence-corrected chi connectivity index (χ4v) is 2.93. The third-order valence-corrected chi connectivity index (χ3v) is 4.46. The first-order valence-electron chi connectivity index (χ1n) is 6.33. The molecule has 1 aromatic rings. The monoisotopic (exact) mass is 282 g/mol. The Kier molecular flexibility index (Phi) is 3.91. The van der Waals surface area contributed by atoms with Gasteiger partial charge in [0.2, 0.25) is 5.91 Å². The van der Waals surface area contributed by atoms with Gasteiger partial charge in [-0.05, 0) is 42.5 Å². The Morgan fingerprint density at radius 1 is 1.21 bits per heavy atom. The molecule has 0 heterocycles. The lowest BCUT2D eigenvalue weighted by Gasteiger charge is -2.11. The van der Waals surface area contributed by atoms with E-state index in [0.717, 1.165) is 24.8 Å². The molecule has 5 nitrogen and oxygen atoms in total. The zero-order valence-electron chi connectivity index (χ0n) is 11.1. The van der Waals surface area contributed by atoms with Crippen LogP contribution in [-0.4, -0.2) is 14.3 Å². The van der Waals surface area contributed by atoms with Gasteiger partial charge in [-0.3, -0.25) is 10.2 Å². The maximum absolute atomic E-state index is 12.0. The van der Waals surface area contributed by atoms with Crippen LogP contribution in [0.1, 0.15) is 31.4 Å². The largest absolute Gasteiger partial charge is 0.277 e. The number of amides is 1. The van der Waals surface area contributed by atoms with E-state index < -0.39 is 10.0 Å². The molecule has 19 heavy (non-hydrogen) atoms. The lowest BCUT2D eigenvalue weighted by molar-refractivity contribution is -0.124. The average Bonchev–Trinajstić information content (AvgIpc) is 2.82. The first-order valence-corrected chi connectivity index (χ1v) is 7.82. The zero-order chi connectivity index (χ0) is 14.0. The summed E-state index contributed by atoms with van der Waals surface area (Å²) in [4.78, 5) is 13.7. The van der Waals surface area contributed by atoms with Crippen molar-refractivity contribution in [3.05, 3.63) is 29.3 Å². The summed E-state index contributed by atoms with van der Waals surface area (Å²) in [7, 11) is -3.69. The van der Waals surface area contributed by atoms with Crippen LogP contribution in [0, 0.1) is 5.92 Å². The van der Waals surface area contributed by atoms with Crippen LogP contribution in [-0.2, 0) is 27.7 Å². The Hall–Kier alpha value is -1.40. The maximum atomic E-state index is 12.0. The van der Waals surface area contributed by atoms with Gasteiger partial charge in [0.05, 0.1) is 4.90 Å². The number of sulfonamides is 1. The van der Waals surface area contributed by atoms with Gasteiger partial charge in [-0.1, -0.05) is 19.9 Å². The van der Waals surface area contributed by atoms with Crippen molar-refractivity contribution in [3.8, 4) is 0 Å². The zero-order valence-corrected chi connectivity index (χ0v) is 11.9. The molecule has 0 aliphatic heterocycles. The van der Waals surface area contributed by atoms with Crippen LogP contribution in [0.5, 0.6) is 0 Å². The van der Waals surface area contributed by atoms with Crippen molar-refractivity contribution in [2.75, 3.05) is 0 Å². The fourth-order valence-electron chi connectivity index (χ4n) is 2.04. The van der Waals surface area contributed by atoms with Gasteiger partial charge in [0.25, 0.3) is 10.0 Å². The van der Waals surface area contributed by atoms with Crippen molar-refractivity contribution in [2.45, 2.75) is 38.0 Å². The standard InChI is InChI=1S/C13H18N2O3S/c1-9(2)13(16)14-15-19(17,18)12-7-6-10-4-3-5-11(10)8-12/h6-9,15H,3-5H2,1-2H3,(H,14,16). The van der Waals surface area contributed by atoms with Crippen molar-refractivity contribution in [2.24, 2.45) is 5.92 Å². The van der Waals surface area contributed by atoms with E-state index in [1.54, 1.807) is 26.0 Å². The molecule has 1 aliphatic carbocycles. The van der Waals surface area contributed by atoms with E-state index in [4.69, 9.17) is 0 Å². The van der Waals surface area contributed by atoms with Crippen LogP contribution in [0.2, 0.25) is 0 Å². The molecule has 2 rings (SSSR count). The lowest BCUT2D eigenvalue weighted by Crippen LogP contribution is -2.43. The molecule has 1 amide bonds. The second kappa shape index (κ2) is 5.30. The molecule has 0 fully saturated rings. The van der Waals surface area contributed by atoms with Crippen molar-refractivity contribution in [1.82, 2.24) is 10.3 Å². The highest BCUT2D eigenvalue weighted by atomic mass is 32.2. The van der Waals surface area contributed by atoms with Crippen molar-refractivity contribution >= 4 is 15.9 Å². The van der Waals surface area contributed by atoms with E-state index >= 15 is 0 Å². The number of rotatable bonds is 4. The number of aryl methyl sites for hydroxylation is 2. The number of hydrogen-bond acceptors (Lipinski definition) is 3. The third kappa shape index (κ3) is 3.13. The number of hydrazine groups is 1. The van der Waals surface area contributed by atoms with E-state index in [1.807, 2.05) is 6.07 Å². The molecule has 104 valence electrons. The van der Waals surface area contributed by atoms with Gasteiger partial charge in [-0.15, -0.1) is 4.83 Å². The minimum absolute atomic E-state index is 0.192. The van der Waals surface area contributed by atoms with Gasteiger partial charge in [0.15, 0.2) is 0 Å². The Morgan fingerprint density at radius 3 is 2.58 bits per heavy atom. The maximum Gasteiger partial charge on any atom is 0.257 e. The molecule has 0 saturated heterocycles. The third-order valence-electron chi connectivity index (χ3n) is 3.21. The average molecular weight is 282 g/mol. The minimum atomic E-state index is -3.69. The molecule has 0 atom stereocenters. The van der Waals surface area contributed by atoms with Crippen LogP contribution in [0.15, 0.2) is 23.1 Å². The summed E-state index contributed by atoms with van der Waals surface area (Å²) in [6, 6.07) is 5.11. The van der Waals surface area contributed by atoms with Crippen LogP contribution < -0.4 is 10.3 Å². The summed E-state index contributed by atoms with van der Waals surface area (Å²) in [5.74, 6) is -0.632. The highest BCUT2D eigenvalue weighted by Crippen LogP contribution is 2.24. The van der Waals surface area contributed by atoms with Crippen LogP contribution in [0.4, 0.5) is 0 Å². The predicted octanol–water partition coefficient (Wildman–Crippen LogP) is 1.14. The molecule has 0 saturated carbocycles. The minimum Gasteiger partial charge on any atom is -0.277 e. The molecule has 0 aromatic heterocycles. The van der Waals surface area contributed by atoms with Gasteiger partial charge < -0.3 is 0 Å². The van der Waals surface area contributed by atoms with Gasteiger partial charge in [-0.25, -0.2) is 8.42 Å². The van der Waals surface area contributed by atoms with E-state index in [9.17, 15) is 13.2 Å². The number of nitrogens with one attached hydrogen (secondary N) is 2. The molecular formula is C13H18N2O3S. The van der Waals surface area contributed by atoms with Crippen LogP contribution in [0.25, 0.3) is 0 Å². The lowest BCUT2D eigenvalue weighted by atomic mass is 10.1. The topological polar surface area (TPSA) is 75.3 Å². The summed E-state index contributed by atoms with van der Waals surface area (Å²) >= 11 is 0. The molecule has 0 spiro atoms. The second-order valence-corrected chi connectivity index (χ2v) is 6.72. The molecule has 1 aliphatic rings. The van der Waals surface area contributed by atoms with Crippen molar-refractivity contribution in [1.29, 1.82) is 0 Å². The number of benzene rings is 1. The number of carbonyl (C=O) groups excluding carboxylic acids is 1. The SMILES string of the molecule is CC(C)C(=O)NNS(=O)(=O)c1ccc2c(c1)CCC2. The number of hydrogen-bond donors (Lipinski definition) is 2. The van der Waals surface area contributed by atoms with E-state index in [0.29, 0.717) is 0 Å². The fraction of sp³-hybridized carbons (Fsp3) is 0.462. The van der Waals surface area contributed by atoms with Gasteiger partial charge in [-0.2, -0.15) is 0 Å². The molecule has 1 aromatic carbocycles. The second-order valence-electron chi connectivity index (χ2n) is 5.03. The molecule has 0 radical (unpaired) electrons. The highest BCUT2D eigenvalue weighted by Gasteiger charge is 2.19. The number of carbonyl (C=O) groups is 1. The Labute approximate surface area is 113 Å². The normalized spacial score (nSPS) is 14.5. The summed E-state index contributed by atoms with van der Waals surface area (Å²) in [6.07, 6.45) is 2.99. The Morgan fingerprint density at radius 2 is 1.89 bits per heavy atom. The van der Waals surface area contributed by atoms with Gasteiger partial charge >= 0.3 is 0 Å². The predicted molar refractivity (Wildman–Crippen MR) is 71.8 cm³/mol. The Balaban J connectivity index is 2.14. The molecule has 0 bridgehead atoms. The van der Waals surface area contributed by atoms with Gasteiger partial charge in [0.1, 0.15) is 0 Å². The van der Waals surface area contributed by atoms with Crippen molar-refractivity contribution in [3.63, 3.8) is 0 Å². The van der Waals surface area contributed by atoms with Gasteiger partial charge in [0, 0.05) is 5.92 Å². The van der Waals surface area contributed by atoms with Crippen molar-refractivity contribution < 1.29 is 13.2 Å². The smallest absolute Gasteiger partial charge is 0.257 e. The molecular weight excluding hydrogens is 264 g/mol. The Bertz CT molecular complexity index is 594. The molecule has 6 heteroatoms. The molecule has 2 N–H and O–H groups in total. The first-order chi connectivity index (χ1) is 8.90. The van der Waals surface area contributed by atoms with Crippen LogP contribution >= 0.6 is 0 Å². The quantitative estimate of drug-likeness (QED) is 0.813. The van der Waals surface area contributed by atoms with Crippen LogP contribution in [0.3, 0.4) is 0 Å². The first kappa shape index (κ1) is 14.0.